The number of halogens is 1. The van der Waals surface area contributed by atoms with Gasteiger partial charge in [0, 0.05) is 13.1 Å². The number of nitrogens with zero attached hydrogens (tertiary/aromatic N) is 1. The predicted molar refractivity (Wildman–Crippen MR) is 84.3 cm³/mol. The number of benzene rings is 1. The lowest BCUT2D eigenvalue weighted by atomic mass is 10.2. The lowest BCUT2D eigenvalue weighted by molar-refractivity contribution is -0.131. The molecular formula is C16H23ClN2O. The Balaban J connectivity index is 1.99. The number of hydrogen-bond donors (Lipinski definition) is 1. The van der Waals surface area contributed by atoms with Gasteiger partial charge in [0.05, 0.1) is 10.7 Å². The molecule has 0 aromatic heterocycles. The van der Waals surface area contributed by atoms with Gasteiger partial charge in [0.25, 0.3) is 0 Å². The molecule has 1 fully saturated rings. The van der Waals surface area contributed by atoms with E-state index in [9.17, 15) is 4.79 Å². The van der Waals surface area contributed by atoms with Gasteiger partial charge < -0.3 is 10.2 Å². The Bertz CT molecular complexity index is 468. The Kier molecular flexibility index (Phi) is 5.30. The van der Waals surface area contributed by atoms with Crippen molar-refractivity contribution in [1.82, 2.24) is 4.90 Å². The van der Waals surface area contributed by atoms with Crippen LogP contribution in [0, 0.1) is 6.92 Å². The molecule has 0 radical (unpaired) electrons. The number of nitrogens with one attached hydrogen (secondary N) is 1. The van der Waals surface area contributed by atoms with Crippen LogP contribution in [0.4, 0.5) is 5.69 Å². The first-order chi connectivity index (χ1) is 9.58. The molecule has 110 valence electrons. The third-order valence-corrected chi connectivity index (χ3v) is 4.10. The zero-order valence-electron chi connectivity index (χ0n) is 12.3. The summed E-state index contributed by atoms with van der Waals surface area (Å²) in [5.74, 6) is 0.170. The van der Waals surface area contributed by atoms with Gasteiger partial charge >= 0.3 is 0 Å². The van der Waals surface area contributed by atoms with E-state index in [4.69, 9.17) is 11.6 Å². The van der Waals surface area contributed by atoms with Crippen molar-refractivity contribution in [3.63, 3.8) is 0 Å². The maximum Gasteiger partial charge on any atom is 0.244 e. The zero-order valence-corrected chi connectivity index (χ0v) is 13.0. The minimum absolute atomic E-state index is 0.170. The molecule has 20 heavy (non-hydrogen) atoms. The predicted octanol–water partition coefficient (Wildman–Crippen LogP) is 3.85. The van der Waals surface area contributed by atoms with E-state index in [0.717, 1.165) is 37.2 Å². The summed E-state index contributed by atoms with van der Waals surface area (Å²) in [7, 11) is 0. The van der Waals surface area contributed by atoms with Crippen molar-refractivity contribution < 1.29 is 4.79 Å². The summed E-state index contributed by atoms with van der Waals surface area (Å²) in [5, 5.41) is 3.90. The number of amides is 1. The maximum absolute atomic E-state index is 12.5. The molecular weight excluding hydrogens is 272 g/mol. The second-order valence-corrected chi connectivity index (χ2v) is 6.00. The van der Waals surface area contributed by atoms with Crippen molar-refractivity contribution >= 4 is 23.2 Å². The van der Waals surface area contributed by atoms with Crippen molar-refractivity contribution in [3.8, 4) is 0 Å². The molecule has 0 aliphatic carbocycles. The number of carbonyl (C=O) groups is 1. The van der Waals surface area contributed by atoms with E-state index in [-0.39, 0.29) is 11.9 Å². The fourth-order valence-corrected chi connectivity index (χ4v) is 2.89. The van der Waals surface area contributed by atoms with E-state index in [1.807, 2.05) is 36.9 Å². The molecule has 1 atom stereocenters. The summed E-state index contributed by atoms with van der Waals surface area (Å²) in [5.41, 5.74) is 1.94. The van der Waals surface area contributed by atoms with E-state index in [1.165, 1.54) is 12.8 Å². The summed E-state index contributed by atoms with van der Waals surface area (Å²) in [6.45, 7) is 5.67. The van der Waals surface area contributed by atoms with Crippen LogP contribution in [0.2, 0.25) is 5.02 Å². The molecule has 1 aromatic rings. The van der Waals surface area contributed by atoms with Gasteiger partial charge in [-0.1, -0.05) is 30.5 Å². The van der Waals surface area contributed by atoms with Gasteiger partial charge in [-0.3, -0.25) is 4.79 Å². The molecule has 1 N–H and O–H groups in total. The van der Waals surface area contributed by atoms with Crippen molar-refractivity contribution in [2.45, 2.75) is 45.6 Å². The first-order valence-corrected chi connectivity index (χ1v) is 7.77. The van der Waals surface area contributed by atoms with E-state index in [0.29, 0.717) is 5.02 Å². The Morgan fingerprint density at radius 3 is 2.50 bits per heavy atom. The Morgan fingerprint density at radius 1 is 1.25 bits per heavy atom. The van der Waals surface area contributed by atoms with Gasteiger partial charge in [0.15, 0.2) is 0 Å². The SMILES string of the molecule is Cc1ccc(NC(C)C(=O)N2CCCCCC2)c(Cl)c1. The van der Waals surface area contributed by atoms with E-state index < -0.39 is 0 Å². The van der Waals surface area contributed by atoms with Gasteiger partial charge in [-0.15, -0.1) is 0 Å². The van der Waals surface area contributed by atoms with Gasteiger partial charge in [-0.05, 0) is 44.4 Å². The van der Waals surface area contributed by atoms with E-state index in [1.54, 1.807) is 0 Å². The minimum atomic E-state index is -0.242. The Labute approximate surface area is 126 Å². The molecule has 1 aliphatic heterocycles. The first kappa shape index (κ1) is 15.2. The smallest absolute Gasteiger partial charge is 0.244 e. The highest BCUT2D eigenvalue weighted by Crippen LogP contribution is 2.23. The largest absolute Gasteiger partial charge is 0.373 e. The van der Waals surface area contributed by atoms with Crippen molar-refractivity contribution in [3.05, 3.63) is 28.8 Å². The van der Waals surface area contributed by atoms with Gasteiger partial charge in [0.2, 0.25) is 5.91 Å². The number of carbonyl (C=O) groups excluding carboxylic acids is 1. The van der Waals surface area contributed by atoms with Crippen LogP contribution in [0.25, 0.3) is 0 Å². The van der Waals surface area contributed by atoms with Crippen LogP contribution in [0.15, 0.2) is 18.2 Å². The number of rotatable bonds is 3. The second-order valence-electron chi connectivity index (χ2n) is 5.59. The van der Waals surface area contributed by atoms with Crippen LogP contribution >= 0.6 is 11.6 Å². The second kappa shape index (κ2) is 6.98. The van der Waals surface area contributed by atoms with Crippen molar-refractivity contribution in [1.29, 1.82) is 0 Å². The molecule has 0 saturated carbocycles. The molecule has 1 aromatic carbocycles. The average molecular weight is 295 g/mol. The van der Waals surface area contributed by atoms with Crippen LogP contribution < -0.4 is 5.32 Å². The summed E-state index contributed by atoms with van der Waals surface area (Å²) >= 11 is 6.20. The summed E-state index contributed by atoms with van der Waals surface area (Å²) in [4.78, 5) is 14.4. The molecule has 4 heteroatoms. The van der Waals surface area contributed by atoms with Gasteiger partial charge in [-0.2, -0.15) is 0 Å². The normalized spacial score (nSPS) is 17.4. The summed E-state index contributed by atoms with van der Waals surface area (Å²) < 4.78 is 0. The summed E-state index contributed by atoms with van der Waals surface area (Å²) in [6, 6.07) is 5.60. The van der Waals surface area contributed by atoms with Crippen molar-refractivity contribution in [2.75, 3.05) is 18.4 Å². The lowest BCUT2D eigenvalue weighted by Gasteiger charge is -2.25. The van der Waals surface area contributed by atoms with E-state index in [2.05, 4.69) is 5.32 Å². The Morgan fingerprint density at radius 2 is 1.90 bits per heavy atom. The fourth-order valence-electron chi connectivity index (χ4n) is 2.60. The first-order valence-electron chi connectivity index (χ1n) is 7.39. The third kappa shape index (κ3) is 3.89. The molecule has 1 aliphatic rings. The molecule has 2 rings (SSSR count). The van der Waals surface area contributed by atoms with Gasteiger partial charge in [0.1, 0.15) is 6.04 Å². The minimum Gasteiger partial charge on any atom is -0.373 e. The monoisotopic (exact) mass is 294 g/mol. The van der Waals surface area contributed by atoms with E-state index >= 15 is 0 Å². The molecule has 1 unspecified atom stereocenters. The molecule has 0 spiro atoms. The molecule has 0 bridgehead atoms. The summed E-state index contributed by atoms with van der Waals surface area (Å²) in [6.07, 6.45) is 4.69. The van der Waals surface area contributed by atoms with Crippen LogP contribution in [0.3, 0.4) is 0 Å². The molecule has 1 heterocycles. The molecule has 1 amide bonds. The Hall–Kier alpha value is -1.22. The lowest BCUT2D eigenvalue weighted by Crippen LogP contribution is -2.41. The quantitative estimate of drug-likeness (QED) is 0.918. The standard InChI is InChI=1S/C16H23ClN2O/c1-12-7-8-15(14(17)11-12)18-13(2)16(20)19-9-5-3-4-6-10-19/h7-8,11,13,18H,3-6,9-10H2,1-2H3. The fraction of sp³-hybridized carbons (Fsp3) is 0.562. The highest BCUT2D eigenvalue weighted by molar-refractivity contribution is 6.33. The number of aryl methyl sites for hydroxylation is 1. The zero-order chi connectivity index (χ0) is 14.5. The number of likely N-dealkylation sites (tertiary alicyclic amines) is 1. The average Bonchev–Trinajstić information content (AvgIpc) is 2.70. The van der Waals surface area contributed by atoms with Crippen LogP contribution in [-0.2, 0) is 4.79 Å². The van der Waals surface area contributed by atoms with Crippen LogP contribution in [0.1, 0.15) is 38.2 Å². The number of anilines is 1. The topological polar surface area (TPSA) is 32.3 Å². The third-order valence-electron chi connectivity index (χ3n) is 3.78. The maximum atomic E-state index is 12.5. The van der Waals surface area contributed by atoms with Crippen LogP contribution in [-0.4, -0.2) is 29.9 Å². The van der Waals surface area contributed by atoms with Crippen molar-refractivity contribution in [2.24, 2.45) is 0 Å². The number of hydrogen-bond acceptors (Lipinski definition) is 2. The molecule has 1 saturated heterocycles. The highest BCUT2D eigenvalue weighted by Gasteiger charge is 2.21. The molecule has 3 nitrogen and oxygen atoms in total. The van der Waals surface area contributed by atoms with Gasteiger partial charge in [-0.25, -0.2) is 0 Å². The highest BCUT2D eigenvalue weighted by atomic mass is 35.5. The van der Waals surface area contributed by atoms with Crippen LogP contribution in [0.5, 0.6) is 0 Å².